The molecule has 49 heavy (non-hydrogen) atoms. The van der Waals surface area contributed by atoms with Gasteiger partial charge < -0.3 is 14.2 Å². The SMILES string of the molecule is C=C(I)[C@H](C)C/C=C(\C[C@@H]1O[C@@H](CCCOC(=O)C(C)(C)C)CC1=C)C(=O)O[C@H]1c2ccccc2-c2ccccc2[C@@H]1Sc1ccccc1. The van der Waals surface area contributed by atoms with Gasteiger partial charge in [0.05, 0.1) is 29.5 Å². The molecule has 1 fully saturated rings. The third-order valence-electron chi connectivity index (χ3n) is 9.08. The van der Waals surface area contributed by atoms with Gasteiger partial charge in [0.1, 0.15) is 6.10 Å². The molecule has 0 N–H and O–H groups in total. The highest BCUT2D eigenvalue weighted by Gasteiger charge is 2.38. The van der Waals surface area contributed by atoms with Crippen molar-refractivity contribution in [2.24, 2.45) is 11.3 Å². The molecule has 0 radical (unpaired) electrons. The molecule has 1 aliphatic heterocycles. The van der Waals surface area contributed by atoms with Crippen LogP contribution < -0.4 is 0 Å². The Morgan fingerprint density at radius 2 is 1.63 bits per heavy atom. The zero-order chi connectivity index (χ0) is 35.1. The van der Waals surface area contributed by atoms with Gasteiger partial charge >= 0.3 is 11.9 Å². The van der Waals surface area contributed by atoms with E-state index in [-0.39, 0.29) is 35.3 Å². The maximum atomic E-state index is 14.4. The monoisotopic (exact) mass is 790 g/mol. The van der Waals surface area contributed by atoms with Crippen LogP contribution in [-0.2, 0) is 23.8 Å². The molecule has 0 unspecified atom stereocenters. The van der Waals surface area contributed by atoms with E-state index in [0.29, 0.717) is 37.9 Å². The minimum Gasteiger partial charge on any atom is -0.465 e. The number of allylic oxidation sites excluding steroid dienone is 2. The highest BCUT2D eigenvalue weighted by molar-refractivity contribution is 14.1. The molecular weight excluding hydrogens is 743 g/mol. The summed E-state index contributed by atoms with van der Waals surface area (Å²) in [5, 5.41) is -0.138. The normalized spacial score (nSPS) is 21.0. The largest absolute Gasteiger partial charge is 0.465 e. The minimum atomic E-state index is -0.523. The van der Waals surface area contributed by atoms with Crippen LogP contribution in [0, 0.1) is 11.3 Å². The van der Waals surface area contributed by atoms with Crippen molar-refractivity contribution in [1.82, 2.24) is 0 Å². The fourth-order valence-corrected chi connectivity index (χ4v) is 7.67. The summed E-state index contributed by atoms with van der Waals surface area (Å²) in [6.07, 6.45) is 4.39. The minimum absolute atomic E-state index is 0.0375. The van der Waals surface area contributed by atoms with E-state index >= 15 is 0 Å². The van der Waals surface area contributed by atoms with Gasteiger partial charge in [-0.25, -0.2) is 4.79 Å². The number of thioether (sulfide) groups is 1. The summed E-state index contributed by atoms with van der Waals surface area (Å²) in [5.41, 5.74) is 5.45. The molecule has 258 valence electrons. The summed E-state index contributed by atoms with van der Waals surface area (Å²) >= 11 is 3.98. The first-order valence-corrected chi connectivity index (χ1v) is 19.0. The first-order valence-electron chi connectivity index (χ1n) is 17.1. The number of fused-ring (bicyclic) bond motifs is 3. The molecule has 1 heterocycles. The van der Waals surface area contributed by atoms with Crippen LogP contribution in [0.2, 0.25) is 0 Å². The summed E-state index contributed by atoms with van der Waals surface area (Å²) in [6.45, 7) is 16.5. The molecule has 0 bridgehead atoms. The van der Waals surface area contributed by atoms with Crippen LogP contribution in [-0.4, -0.2) is 30.8 Å². The van der Waals surface area contributed by atoms with E-state index in [2.05, 4.69) is 91.2 Å². The summed E-state index contributed by atoms with van der Waals surface area (Å²) in [7, 11) is 0. The van der Waals surface area contributed by atoms with E-state index in [0.717, 1.165) is 37.2 Å². The van der Waals surface area contributed by atoms with Gasteiger partial charge in [0, 0.05) is 22.5 Å². The van der Waals surface area contributed by atoms with Crippen LogP contribution >= 0.6 is 34.4 Å². The quantitative estimate of drug-likeness (QED) is 0.0565. The molecule has 0 aromatic heterocycles. The molecule has 5 nitrogen and oxygen atoms in total. The Morgan fingerprint density at radius 1 is 1.00 bits per heavy atom. The second-order valence-electron chi connectivity index (χ2n) is 14.0. The van der Waals surface area contributed by atoms with Gasteiger partial charge in [-0.1, -0.05) is 92.9 Å². The van der Waals surface area contributed by atoms with Crippen LogP contribution in [0.3, 0.4) is 0 Å². The van der Waals surface area contributed by atoms with Crippen molar-refractivity contribution in [3.63, 3.8) is 0 Å². The fraction of sp³-hybridized carbons (Fsp3) is 0.381. The Bertz CT molecular complexity index is 1690. The molecule has 3 aromatic carbocycles. The predicted octanol–water partition coefficient (Wildman–Crippen LogP) is 11.2. The smallest absolute Gasteiger partial charge is 0.334 e. The average molecular weight is 791 g/mol. The van der Waals surface area contributed by atoms with Gasteiger partial charge in [0.2, 0.25) is 0 Å². The zero-order valence-electron chi connectivity index (χ0n) is 29.0. The van der Waals surface area contributed by atoms with Crippen molar-refractivity contribution in [3.8, 4) is 11.1 Å². The summed E-state index contributed by atoms with van der Waals surface area (Å²) in [5.74, 6) is -0.339. The third-order valence-corrected chi connectivity index (χ3v) is 11.4. The van der Waals surface area contributed by atoms with Crippen molar-refractivity contribution in [3.05, 3.63) is 124 Å². The highest BCUT2D eigenvalue weighted by atomic mass is 127. The lowest BCUT2D eigenvalue weighted by Gasteiger charge is -2.35. The van der Waals surface area contributed by atoms with E-state index < -0.39 is 11.5 Å². The number of rotatable bonds is 13. The maximum Gasteiger partial charge on any atom is 0.334 e. The molecule has 5 rings (SSSR count). The highest BCUT2D eigenvalue weighted by Crippen LogP contribution is 2.54. The molecule has 1 saturated heterocycles. The van der Waals surface area contributed by atoms with Crippen molar-refractivity contribution in [2.75, 3.05) is 6.61 Å². The summed E-state index contributed by atoms with van der Waals surface area (Å²) in [6, 6.07) is 27.0. The zero-order valence-corrected chi connectivity index (χ0v) is 31.9. The molecule has 0 amide bonds. The second kappa shape index (κ2) is 16.7. The molecular formula is C42H47IO5S. The van der Waals surface area contributed by atoms with Crippen LogP contribution in [0.5, 0.6) is 0 Å². The topological polar surface area (TPSA) is 61.8 Å². The van der Waals surface area contributed by atoms with Crippen molar-refractivity contribution < 1.29 is 23.8 Å². The lowest BCUT2D eigenvalue weighted by molar-refractivity contribution is -0.153. The van der Waals surface area contributed by atoms with Crippen molar-refractivity contribution >= 4 is 46.3 Å². The van der Waals surface area contributed by atoms with Crippen LogP contribution in [0.1, 0.15) is 82.3 Å². The molecule has 2 aliphatic rings. The molecule has 1 aliphatic carbocycles. The average Bonchev–Trinajstić information content (AvgIpc) is 3.44. The van der Waals surface area contributed by atoms with Gasteiger partial charge in [-0.05, 0) is 113 Å². The Labute approximate surface area is 309 Å². The number of ether oxygens (including phenoxy) is 3. The summed E-state index contributed by atoms with van der Waals surface area (Å²) in [4.78, 5) is 27.7. The van der Waals surface area contributed by atoms with E-state index in [9.17, 15) is 9.59 Å². The van der Waals surface area contributed by atoms with Gasteiger partial charge in [-0.2, -0.15) is 0 Å². The number of carbonyl (C=O) groups excluding carboxylic acids is 2. The number of halogens is 1. The Kier molecular flexibility index (Phi) is 12.7. The first kappa shape index (κ1) is 37.1. The first-order chi connectivity index (χ1) is 23.4. The number of hydrogen-bond acceptors (Lipinski definition) is 6. The predicted molar refractivity (Wildman–Crippen MR) is 207 cm³/mol. The van der Waals surface area contributed by atoms with E-state index in [1.165, 1.54) is 5.56 Å². The second-order valence-corrected chi connectivity index (χ2v) is 16.6. The lowest BCUT2D eigenvalue weighted by atomic mass is 9.83. The van der Waals surface area contributed by atoms with Crippen LogP contribution in [0.4, 0.5) is 0 Å². The molecule has 3 aromatic rings. The molecule has 0 saturated carbocycles. The number of carbonyl (C=O) groups is 2. The van der Waals surface area contributed by atoms with Crippen molar-refractivity contribution in [2.45, 2.75) is 88.3 Å². The maximum absolute atomic E-state index is 14.4. The Morgan fingerprint density at radius 3 is 2.31 bits per heavy atom. The molecule has 5 atom stereocenters. The van der Waals surface area contributed by atoms with E-state index in [1.807, 2.05) is 57.2 Å². The van der Waals surface area contributed by atoms with Gasteiger partial charge in [0.25, 0.3) is 0 Å². The number of hydrogen-bond donors (Lipinski definition) is 0. The molecule has 7 heteroatoms. The van der Waals surface area contributed by atoms with E-state index in [4.69, 9.17) is 14.2 Å². The van der Waals surface area contributed by atoms with Crippen molar-refractivity contribution in [1.29, 1.82) is 0 Å². The van der Waals surface area contributed by atoms with Gasteiger partial charge in [-0.3, -0.25) is 4.79 Å². The third kappa shape index (κ3) is 9.56. The lowest BCUT2D eigenvalue weighted by Crippen LogP contribution is -2.24. The van der Waals surface area contributed by atoms with Crippen LogP contribution in [0.15, 0.2) is 118 Å². The standard InChI is InChI=1S/C42H47IO5S/c1-27(29(3)43)22-23-30(26-37-28(2)25-31(47-37)15-14-24-46-41(45)42(4,5)6)40(44)48-38-35-20-12-10-18-33(35)34-19-11-13-21-36(34)39(38)49-32-16-8-7-9-17-32/h7-13,16-21,23,27,31,37-39H,2-3,14-15,22,24-26H2,1,4-6H3/b30-23+/t27-,31+,37+,38+,39+/m1/s1. The van der Waals surface area contributed by atoms with Gasteiger partial charge in [-0.15, -0.1) is 11.8 Å². The Hall–Kier alpha value is -3.14. The number of benzene rings is 3. The van der Waals surface area contributed by atoms with Crippen LogP contribution in [0.25, 0.3) is 11.1 Å². The molecule has 0 spiro atoms. The Balaban J connectivity index is 1.36. The summed E-state index contributed by atoms with van der Waals surface area (Å²) < 4.78 is 19.6. The number of esters is 2. The van der Waals surface area contributed by atoms with Gasteiger partial charge in [0.15, 0.2) is 0 Å². The van der Waals surface area contributed by atoms with E-state index in [1.54, 1.807) is 11.8 Å². The fourth-order valence-electron chi connectivity index (χ4n) is 6.15.